The molecule has 2 unspecified atom stereocenters. The van der Waals surface area contributed by atoms with Crippen molar-refractivity contribution in [3.63, 3.8) is 0 Å². The number of aryl methyl sites for hydroxylation is 1. The van der Waals surface area contributed by atoms with E-state index in [-0.39, 0.29) is 12.6 Å². The highest BCUT2D eigenvalue weighted by molar-refractivity contribution is 7.99. The van der Waals surface area contributed by atoms with Gasteiger partial charge in [-0.05, 0) is 42.6 Å². The van der Waals surface area contributed by atoms with Crippen molar-refractivity contribution in [1.29, 1.82) is 0 Å². The van der Waals surface area contributed by atoms with Crippen molar-refractivity contribution in [1.82, 2.24) is 0 Å². The van der Waals surface area contributed by atoms with Crippen molar-refractivity contribution in [2.75, 3.05) is 12.4 Å². The second-order valence-electron chi connectivity index (χ2n) is 4.60. The highest BCUT2D eigenvalue weighted by Gasteiger charge is 2.24. The van der Waals surface area contributed by atoms with Gasteiger partial charge in [0.2, 0.25) is 0 Å². The van der Waals surface area contributed by atoms with Crippen LogP contribution >= 0.6 is 11.8 Å². The van der Waals surface area contributed by atoms with Crippen molar-refractivity contribution >= 4 is 11.8 Å². The van der Waals surface area contributed by atoms with E-state index in [1.165, 1.54) is 24.0 Å². The van der Waals surface area contributed by atoms with E-state index in [1.807, 2.05) is 11.8 Å². The minimum absolute atomic E-state index is 0.150. The quantitative estimate of drug-likeness (QED) is 0.638. The molecule has 94 valence electrons. The first-order valence-corrected chi connectivity index (χ1v) is 7.43. The molecule has 0 aliphatic heterocycles. The molecule has 1 aromatic carbocycles. The molecule has 0 fully saturated rings. The molecule has 0 spiro atoms. The van der Waals surface area contributed by atoms with Crippen LogP contribution in [0.5, 0.6) is 0 Å². The average molecular weight is 251 g/mol. The van der Waals surface area contributed by atoms with Gasteiger partial charge in [0, 0.05) is 17.9 Å². The van der Waals surface area contributed by atoms with Crippen molar-refractivity contribution in [2.45, 2.75) is 37.0 Å². The zero-order chi connectivity index (χ0) is 12.1. The third-order valence-corrected chi connectivity index (χ3v) is 4.87. The average Bonchev–Trinajstić information content (AvgIpc) is 2.51. The Bertz CT molecular complexity index is 356. The summed E-state index contributed by atoms with van der Waals surface area (Å²) in [5.74, 6) is 1.01. The van der Waals surface area contributed by atoms with E-state index in [0.29, 0.717) is 5.25 Å². The lowest BCUT2D eigenvalue weighted by Gasteiger charge is -2.22. The molecule has 0 saturated heterocycles. The summed E-state index contributed by atoms with van der Waals surface area (Å²) in [4.78, 5) is 0. The van der Waals surface area contributed by atoms with Crippen LogP contribution in [0.3, 0.4) is 0 Å². The maximum absolute atomic E-state index is 8.83. The summed E-state index contributed by atoms with van der Waals surface area (Å²) in [6, 6.07) is 8.71. The first-order valence-electron chi connectivity index (χ1n) is 6.39. The number of nitrogens with two attached hydrogens (primary N) is 1. The third-order valence-electron chi connectivity index (χ3n) is 3.38. The SMILES string of the molecule is NC1c2ccccc2CCCC1SCCCO. The summed E-state index contributed by atoms with van der Waals surface area (Å²) in [7, 11) is 0. The molecule has 1 aliphatic carbocycles. The molecule has 1 aliphatic rings. The van der Waals surface area contributed by atoms with Crippen LogP contribution in [-0.4, -0.2) is 22.7 Å². The first-order chi connectivity index (χ1) is 8.33. The standard InChI is InChI=1S/C14H21NOS/c15-14-12-7-2-1-5-11(12)6-3-8-13(14)17-10-4-9-16/h1-2,5,7,13-14,16H,3-4,6,8-10,15H2. The fourth-order valence-corrected chi connectivity index (χ4v) is 3.73. The van der Waals surface area contributed by atoms with Gasteiger partial charge in [0.15, 0.2) is 0 Å². The Balaban J connectivity index is 2.06. The van der Waals surface area contributed by atoms with Crippen LogP contribution in [0.15, 0.2) is 24.3 Å². The Hall–Kier alpha value is -0.510. The minimum atomic E-state index is 0.150. The van der Waals surface area contributed by atoms with Gasteiger partial charge < -0.3 is 10.8 Å². The van der Waals surface area contributed by atoms with E-state index in [0.717, 1.165) is 18.6 Å². The molecule has 0 saturated carbocycles. The molecule has 3 heteroatoms. The van der Waals surface area contributed by atoms with Gasteiger partial charge in [-0.25, -0.2) is 0 Å². The second kappa shape index (κ2) is 6.43. The van der Waals surface area contributed by atoms with Gasteiger partial charge in [-0.1, -0.05) is 24.3 Å². The Morgan fingerprint density at radius 1 is 1.35 bits per heavy atom. The third kappa shape index (κ3) is 3.24. The smallest absolute Gasteiger partial charge is 0.0438 e. The van der Waals surface area contributed by atoms with Crippen LogP contribution in [0.25, 0.3) is 0 Å². The van der Waals surface area contributed by atoms with E-state index in [1.54, 1.807) is 0 Å². The molecule has 3 N–H and O–H groups in total. The first kappa shape index (κ1) is 12.9. The molecule has 0 heterocycles. The molecule has 17 heavy (non-hydrogen) atoms. The topological polar surface area (TPSA) is 46.2 Å². The molecule has 0 radical (unpaired) electrons. The Morgan fingerprint density at radius 3 is 3.00 bits per heavy atom. The number of hydrogen-bond donors (Lipinski definition) is 2. The van der Waals surface area contributed by atoms with E-state index in [9.17, 15) is 0 Å². The summed E-state index contributed by atoms with van der Waals surface area (Å²) in [6.45, 7) is 0.283. The predicted molar refractivity (Wildman–Crippen MR) is 74.3 cm³/mol. The molecule has 0 bridgehead atoms. The van der Waals surface area contributed by atoms with Gasteiger partial charge in [0.1, 0.15) is 0 Å². The van der Waals surface area contributed by atoms with E-state index < -0.39 is 0 Å². The molecular weight excluding hydrogens is 230 g/mol. The highest BCUT2D eigenvalue weighted by Crippen LogP contribution is 2.34. The van der Waals surface area contributed by atoms with Crippen LogP contribution in [0.2, 0.25) is 0 Å². The summed E-state index contributed by atoms with van der Waals surface area (Å²) < 4.78 is 0. The Labute approximate surface area is 108 Å². The van der Waals surface area contributed by atoms with Crippen molar-refractivity contribution in [3.8, 4) is 0 Å². The zero-order valence-corrected chi connectivity index (χ0v) is 11.0. The van der Waals surface area contributed by atoms with Crippen LogP contribution in [0, 0.1) is 0 Å². The molecule has 2 rings (SSSR count). The van der Waals surface area contributed by atoms with Gasteiger partial charge in [-0.3, -0.25) is 0 Å². The van der Waals surface area contributed by atoms with Crippen molar-refractivity contribution in [2.24, 2.45) is 5.73 Å². The van der Waals surface area contributed by atoms with Crippen LogP contribution in [0.1, 0.15) is 36.4 Å². The zero-order valence-electron chi connectivity index (χ0n) is 10.1. The molecule has 0 aromatic heterocycles. The van der Waals surface area contributed by atoms with E-state index in [2.05, 4.69) is 24.3 Å². The largest absolute Gasteiger partial charge is 0.396 e. The van der Waals surface area contributed by atoms with Gasteiger partial charge in [-0.15, -0.1) is 0 Å². The molecule has 2 atom stereocenters. The Morgan fingerprint density at radius 2 is 2.18 bits per heavy atom. The second-order valence-corrected chi connectivity index (χ2v) is 5.95. The number of aliphatic hydroxyl groups excluding tert-OH is 1. The number of rotatable bonds is 4. The summed E-state index contributed by atoms with van der Waals surface area (Å²) in [6.07, 6.45) is 4.43. The monoisotopic (exact) mass is 251 g/mol. The summed E-state index contributed by atoms with van der Waals surface area (Å²) in [5.41, 5.74) is 9.14. The maximum Gasteiger partial charge on any atom is 0.0438 e. The number of hydrogen-bond acceptors (Lipinski definition) is 3. The molecule has 1 aromatic rings. The maximum atomic E-state index is 8.83. The number of benzene rings is 1. The summed E-state index contributed by atoms with van der Waals surface area (Å²) in [5, 5.41) is 9.34. The lowest BCUT2D eigenvalue weighted by Crippen LogP contribution is -2.23. The van der Waals surface area contributed by atoms with Crippen LogP contribution in [-0.2, 0) is 6.42 Å². The number of fused-ring (bicyclic) bond motifs is 1. The van der Waals surface area contributed by atoms with Gasteiger partial charge in [0.05, 0.1) is 0 Å². The number of aliphatic hydroxyl groups is 1. The van der Waals surface area contributed by atoms with E-state index in [4.69, 9.17) is 10.8 Å². The minimum Gasteiger partial charge on any atom is -0.396 e. The normalized spacial score (nSPS) is 24.1. The van der Waals surface area contributed by atoms with Crippen molar-refractivity contribution < 1.29 is 5.11 Å². The van der Waals surface area contributed by atoms with Gasteiger partial charge in [-0.2, -0.15) is 11.8 Å². The van der Waals surface area contributed by atoms with Gasteiger partial charge in [0.25, 0.3) is 0 Å². The molecule has 2 nitrogen and oxygen atoms in total. The lowest BCUT2D eigenvalue weighted by molar-refractivity contribution is 0.296. The van der Waals surface area contributed by atoms with Gasteiger partial charge >= 0.3 is 0 Å². The lowest BCUT2D eigenvalue weighted by atomic mass is 10.00. The highest BCUT2D eigenvalue weighted by atomic mass is 32.2. The Kier molecular flexibility index (Phi) is 4.89. The molecular formula is C14H21NOS. The van der Waals surface area contributed by atoms with Crippen molar-refractivity contribution in [3.05, 3.63) is 35.4 Å². The van der Waals surface area contributed by atoms with Crippen LogP contribution in [0.4, 0.5) is 0 Å². The number of thioether (sulfide) groups is 1. The molecule has 0 amide bonds. The van der Waals surface area contributed by atoms with E-state index >= 15 is 0 Å². The van der Waals surface area contributed by atoms with Crippen LogP contribution < -0.4 is 5.73 Å². The fourth-order valence-electron chi connectivity index (χ4n) is 2.45. The summed E-state index contributed by atoms with van der Waals surface area (Å²) >= 11 is 1.92. The fraction of sp³-hybridized carbons (Fsp3) is 0.571. The predicted octanol–water partition coefficient (Wildman–Crippen LogP) is 2.51.